The van der Waals surface area contributed by atoms with Crippen molar-refractivity contribution >= 4 is 23.8 Å². The number of nitrogens with one attached hydrogen (secondary N) is 2. The molecule has 2 N–H and O–H groups in total. The molecule has 1 fully saturated rings. The molecule has 3 rings (SSSR count). The fourth-order valence-electron chi connectivity index (χ4n) is 2.63. The first kappa shape index (κ1) is 17.3. The van der Waals surface area contributed by atoms with E-state index in [1.807, 2.05) is 30.5 Å². The van der Waals surface area contributed by atoms with Crippen LogP contribution in [0, 0.1) is 0 Å². The molecule has 1 atom stereocenters. The summed E-state index contributed by atoms with van der Waals surface area (Å²) in [6.45, 7) is 0.908. The summed E-state index contributed by atoms with van der Waals surface area (Å²) in [5, 5.41) is 2.85. The minimum absolute atomic E-state index is 0.0810. The number of ether oxygens (including phenoxy) is 1. The van der Waals surface area contributed by atoms with Crippen LogP contribution in [0.3, 0.4) is 0 Å². The monoisotopic (exact) mass is 360 g/mol. The molecular formula is C17H20N4O3S. The molecule has 1 aromatic carbocycles. The number of cyclic esters (lactones) is 1. The van der Waals surface area contributed by atoms with Crippen molar-refractivity contribution in [3.05, 3.63) is 48.0 Å². The van der Waals surface area contributed by atoms with Gasteiger partial charge in [-0.25, -0.2) is 9.78 Å². The molecule has 2 aromatic rings. The quantitative estimate of drug-likeness (QED) is 0.736. The van der Waals surface area contributed by atoms with Crippen molar-refractivity contribution in [2.24, 2.45) is 0 Å². The third-order valence-corrected chi connectivity index (χ3v) is 4.78. The van der Waals surface area contributed by atoms with Crippen LogP contribution in [-0.2, 0) is 22.5 Å². The molecule has 0 unspecified atom stereocenters. The Labute approximate surface area is 150 Å². The highest BCUT2D eigenvalue weighted by atomic mass is 32.2. The SMILES string of the molecule is CSc1ccc(CN2C(=O)OC[C@H]2C(=O)NCCc2cnc[nH]2)cc1. The summed E-state index contributed by atoms with van der Waals surface area (Å²) in [5.41, 5.74) is 1.91. The average molecular weight is 360 g/mol. The highest BCUT2D eigenvalue weighted by Crippen LogP contribution is 2.19. The van der Waals surface area contributed by atoms with Crippen LogP contribution in [0.25, 0.3) is 0 Å². The molecule has 25 heavy (non-hydrogen) atoms. The number of aromatic nitrogens is 2. The minimum atomic E-state index is -0.602. The molecule has 0 saturated carbocycles. The van der Waals surface area contributed by atoms with Crippen LogP contribution in [0.4, 0.5) is 4.79 Å². The number of carbonyl (C=O) groups excluding carboxylic acids is 2. The van der Waals surface area contributed by atoms with Gasteiger partial charge in [0.25, 0.3) is 0 Å². The molecular weight excluding hydrogens is 340 g/mol. The molecule has 2 heterocycles. The van der Waals surface area contributed by atoms with Gasteiger partial charge in [0.2, 0.25) is 5.91 Å². The third-order valence-electron chi connectivity index (χ3n) is 4.04. The number of amides is 2. The largest absolute Gasteiger partial charge is 0.447 e. The van der Waals surface area contributed by atoms with Crippen molar-refractivity contribution in [3.63, 3.8) is 0 Å². The maximum absolute atomic E-state index is 12.4. The van der Waals surface area contributed by atoms with Crippen LogP contribution < -0.4 is 5.32 Å². The second-order valence-electron chi connectivity index (χ2n) is 5.69. The number of benzene rings is 1. The predicted molar refractivity (Wildman–Crippen MR) is 94.2 cm³/mol. The number of hydrogen-bond acceptors (Lipinski definition) is 5. The Hall–Kier alpha value is -2.48. The average Bonchev–Trinajstić information content (AvgIpc) is 3.26. The first-order valence-electron chi connectivity index (χ1n) is 7.98. The summed E-state index contributed by atoms with van der Waals surface area (Å²) in [5.74, 6) is -0.203. The fourth-order valence-corrected chi connectivity index (χ4v) is 3.04. The molecule has 1 aliphatic rings. The number of H-pyrrole nitrogens is 1. The molecule has 0 bridgehead atoms. The summed E-state index contributed by atoms with van der Waals surface area (Å²) < 4.78 is 5.07. The first-order chi connectivity index (χ1) is 12.2. The Kier molecular flexibility index (Phi) is 5.60. The second-order valence-corrected chi connectivity index (χ2v) is 6.57. The van der Waals surface area contributed by atoms with E-state index >= 15 is 0 Å². The van der Waals surface area contributed by atoms with E-state index in [9.17, 15) is 9.59 Å². The van der Waals surface area contributed by atoms with Gasteiger partial charge in [0.15, 0.2) is 0 Å². The summed E-state index contributed by atoms with van der Waals surface area (Å²) in [6, 6.07) is 7.33. The standard InChI is InChI=1S/C17H20N4O3S/c1-25-14-4-2-12(3-5-14)9-21-15(10-24-17(21)23)16(22)19-7-6-13-8-18-11-20-13/h2-5,8,11,15H,6-7,9-10H2,1H3,(H,18,20)(H,19,22)/t15-/m0/s1. The van der Waals surface area contributed by atoms with Crippen LogP contribution in [0.5, 0.6) is 0 Å². The summed E-state index contributed by atoms with van der Waals surface area (Å²) in [7, 11) is 0. The Morgan fingerprint density at radius 3 is 2.92 bits per heavy atom. The summed E-state index contributed by atoms with van der Waals surface area (Å²) in [4.78, 5) is 33.9. The van der Waals surface area contributed by atoms with Crippen LogP contribution in [-0.4, -0.2) is 52.3 Å². The fraction of sp³-hybridized carbons (Fsp3) is 0.353. The molecule has 0 spiro atoms. The maximum Gasteiger partial charge on any atom is 0.410 e. The van der Waals surface area contributed by atoms with Crippen molar-refractivity contribution < 1.29 is 14.3 Å². The van der Waals surface area contributed by atoms with Crippen LogP contribution in [0.15, 0.2) is 41.7 Å². The van der Waals surface area contributed by atoms with E-state index in [1.165, 1.54) is 4.90 Å². The Bertz CT molecular complexity index is 718. The second kappa shape index (κ2) is 8.06. The Morgan fingerprint density at radius 2 is 2.24 bits per heavy atom. The van der Waals surface area contributed by atoms with Gasteiger partial charge in [0.1, 0.15) is 12.6 Å². The normalized spacial score (nSPS) is 16.8. The van der Waals surface area contributed by atoms with E-state index in [0.29, 0.717) is 19.5 Å². The molecule has 1 saturated heterocycles. The molecule has 0 radical (unpaired) electrons. The number of carbonyl (C=O) groups is 2. The number of imidazole rings is 1. The van der Waals surface area contributed by atoms with Crippen LogP contribution in [0.1, 0.15) is 11.3 Å². The van der Waals surface area contributed by atoms with Gasteiger partial charge in [-0.2, -0.15) is 0 Å². The van der Waals surface area contributed by atoms with Crippen LogP contribution >= 0.6 is 11.8 Å². The third kappa shape index (κ3) is 4.33. The number of nitrogens with zero attached hydrogens (tertiary/aromatic N) is 2. The lowest BCUT2D eigenvalue weighted by Crippen LogP contribution is -2.45. The van der Waals surface area contributed by atoms with Crippen LogP contribution in [0.2, 0.25) is 0 Å². The molecule has 2 amide bonds. The first-order valence-corrected chi connectivity index (χ1v) is 9.21. The summed E-state index contributed by atoms with van der Waals surface area (Å²) >= 11 is 1.66. The van der Waals surface area contributed by atoms with E-state index in [0.717, 1.165) is 16.2 Å². The lowest BCUT2D eigenvalue weighted by molar-refractivity contribution is -0.124. The number of aromatic amines is 1. The van der Waals surface area contributed by atoms with E-state index in [4.69, 9.17) is 4.74 Å². The van der Waals surface area contributed by atoms with Gasteiger partial charge in [-0.15, -0.1) is 11.8 Å². The Morgan fingerprint density at radius 1 is 1.44 bits per heavy atom. The Balaban J connectivity index is 1.57. The van der Waals surface area contributed by atoms with Gasteiger partial charge in [-0.3, -0.25) is 9.69 Å². The van der Waals surface area contributed by atoms with E-state index < -0.39 is 12.1 Å². The lowest BCUT2D eigenvalue weighted by Gasteiger charge is -2.21. The van der Waals surface area contributed by atoms with Gasteiger partial charge in [0, 0.05) is 29.8 Å². The van der Waals surface area contributed by atoms with Gasteiger partial charge in [-0.05, 0) is 24.0 Å². The molecule has 8 heteroatoms. The van der Waals surface area contributed by atoms with Crippen molar-refractivity contribution in [2.75, 3.05) is 19.4 Å². The maximum atomic E-state index is 12.4. The highest BCUT2D eigenvalue weighted by Gasteiger charge is 2.37. The van der Waals surface area contributed by atoms with Crippen molar-refractivity contribution in [2.45, 2.75) is 23.9 Å². The molecule has 132 valence electrons. The number of thioether (sulfide) groups is 1. The zero-order chi connectivity index (χ0) is 17.6. The topological polar surface area (TPSA) is 87.3 Å². The van der Waals surface area contributed by atoms with Gasteiger partial charge in [-0.1, -0.05) is 12.1 Å². The zero-order valence-electron chi connectivity index (χ0n) is 13.9. The lowest BCUT2D eigenvalue weighted by atomic mass is 10.2. The molecule has 1 aliphatic heterocycles. The van der Waals surface area contributed by atoms with Crippen molar-refractivity contribution in [3.8, 4) is 0 Å². The molecule has 0 aliphatic carbocycles. The molecule has 1 aromatic heterocycles. The number of rotatable bonds is 7. The van der Waals surface area contributed by atoms with Gasteiger partial charge < -0.3 is 15.0 Å². The zero-order valence-corrected chi connectivity index (χ0v) is 14.7. The van der Waals surface area contributed by atoms with Gasteiger partial charge >= 0.3 is 6.09 Å². The smallest absolute Gasteiger partial charge is 0.410 e. The minimum Gasteiger partial charge on any atom is -0.447 e. The number of hydrogen-bond donors (Lipinski definition) is 2. The van der Waals surface area contributed by atoms with Crippen molar-refractivity contribution in [1.29, 1.82) is 0 Å². The van der Waals surface area contributed by atoms with E-state index in [1.54, 1.807) is 24.3 Å². The summed E-state index contributed by atoms with van der Waals surface area (Å²) in [6.07, 6.45) is 5.53. The highest BCUT2D eigenvalue weighted by molar-refractivity contribution is 7.98. The predicted octanol–water partition coefficient (Wildman–Crippen LogP) is 1.81. The van der Waals surface area contributed by atoms with Crippen molar-refractivity contribution in [1.82, 2.24) is 20.2 Å². The van der Waals surface area contributed by atoms with E-state index in [-0.39, 0.29) is 12.5 Å². The van der Waals surface area contributed by atoms with E-state index in [2.05, 4.69) is 15.3 Å². The molecule has 7 nitrogen and oxygen atoms in total. The van der Waals surface area contributed by atoms with Gasteiger partial charge in [0.05, 0.1) is 12.9 Å².